The molecule has 0 amide bonds. The molecule has 2 fully saturated rings. The van der Waals surface area contributed by atoms with Crippen molar-refractivity contribution in [1.29, 1.82) is 0 Å². The van der Waals surface area contributed by atoms with E-state index in [1.807, 2.05) is 11.3 Å². The molecule has 112 valence electrons. The third kappa shape index (κ3) is 2.95. The molecule has 20 heavy (non-hydrogen) atoms. The van der Waals surface area contributed by atoms with Crippen molar-refractivity contribution in [2.75, 3.05) is 6.54 Å². The second-order valence-corrected chi connectivity index (χ2v) is 8.36. The van der Waals surface area contributed by atoms with Crippen LogP contribution in [0.4, 0.5) is 0 Å². The molecule has 0 bridgehead atoms. The lowest BCUT2D eigenvalue weighted by molar-refractivity contribution is 0.0107. The monoisotopic (exact) mass is 292 g/mol. The Morgan fingerprint density at radius 3 is 2.45 bits per heavy atom. The van der Waals surface area contributed by atoms with Crippen LogP contribution in [0.1, 0.15) is 57.9 Å². The first-order valence-corrected chi connectivity index (χ1v) is 8.97. The summed E-state index contributed by atoms with van der Waals surface area (Å²) in [5.74, 6) is 0. The van der Waals surface area contributed by atoms with Crippen molar-refractivity contribution in [2.24, 2.45) is 11.1 Å². The fourth-order valence-electron chi connectivity index (χ4n) is 3.65. The maximum absolute atomic E-state index is 6.28. The van der Waals surface area contributed by atoms with Gasteiger partial charge in [0, 0.05) is 24.7 Å². The van der Waals surface area contributed by atoms with Crippen molar-refractivity contribution in [3.63, 3.8) is 0 Å². The largest absolute Gasteiger partial charge is 0.329 e. The minimum Gasteiger partial charge on any atom is -0.329 e. The number of nitrogens with two attached hydrogens (primary N) is 1. The average Bonchev–Trinajstić information content (AvgIpc) is 3.14. The number of hydrogen-bond donors (Lipinski definition) is 1. The van der Waals surface area contributed by atoms with Crippen LogP contribution >= 0.6 is 11.3 Å². The summed E-state index contributed by atoms with van der Waals surface area (Å²) in [7, 11) is 0. The summed E-state index contributed by atoms with van der Waals surface area (Å²) in [5.41, 5.74) is 8.53. The fourth-order valence-corrected chi connectivity index (χ4v) is 4.31. The van der Waals surface area contributed by atoms with Gasteiger partial charge in [-0.2, -0.15) is 11.3 Å². The van der Waals surface area contributed by atoms with Crippen LogP contribution in [0.25, 0.3) is 0 Å². The Labute approximate surface area is 127 Å². The van der Waals surface area contributed by atoms with Crippen molar-refractivity contribution < 1.29 is 0 Å². The Morgan fingerprint density at radius 1 is 1.25 bits per heavy atom. The summed E-state index contributed by atoms with van der Waals surface area (Å²) >= 11 is 1.81. The lowest BCUT2D eigenvalue weighted by Gasteiger charge is -2.50. The van der Waals surface area contributed by atoms with Crippen LogP contribution in [0.15, 0.2) is 16.8 Å². The SMILES string of the molecule is CC1(C)CCC(CN)(N(Cc2ccsc2)C2CC2)CC1. The van der Waals surface area contributed by atoms with Crippen LogP contribution in [0.5, 0.6) is 0 Å². The molecule has 2 saturated carbocycles. The predicted molar refractivity (Wildman–Crippen MR) is 86.9 cm³/mol. The first kappa shape index (κ1) is 14.6. The maximum Gasteiger partial charge on any atom is 0.0338 e. The van der Waals surface area contributed by atoms with Crippen molar-refractivity contribution >= 4 is 11.3 Å². The van der Waals surface area contributed by atoms with E-state index in [0.29, 0.717) is 5.41 Å². The van der Waals surface area contributed by atoms with E-state index >= 15 is 0 Å². The molecule has 2 N–H and O–H groups in total. The van der Waals surface area contributed by atoms with Gasteiger partial charge in [0.15, 0.2) is 0 Å². The van der Waals surface area contributed by atoms with Crippen LogP contribution < -0.4 is 5.73 Å². The molecule has 1 aromatic heterocycles. The zero-order valence-electron chi connectivity index (χ0n) is 12.9. The zero-order chi connectivity index (χ0) is 14.2. The molecule has 2 nitrogen and oxygen atoms in total. The summed E-state index contributed by atoms with van der Waals surface area (Å²) in [6.07, 6.45) is 7.92. The van der Waals surface area contributed by atoms with E-state index in [1.165, 1.54) is 44.1 Å². The lowest BCUT2D eigenvalue weighted by atomic mass is 9.68. The molecular weight excluding hydrogens is 264 g/mol. The van der Waals surface area contributed by atoms with E-state index < -0.39 is 0 Å². The van der Waals surface area contributed by atoms with E-state index in [1.54, 1.807) is 0 Å². The number of hydrogen-bond acceptors (Lipinski definition) is 3. The van der Waals surface area contributed by atoms with Gasteiger partial charge in [-0.3, -0.25) is 4.90 Å². The minimum atomic E-state index is 0.263. The second kappa shape index (κ2) is 5.43. The number of nitrogens with zero attached hydrogens (tertiary/aromatic N) is 1. The van der Waals surface area contributed by atoms with Gasteiger partial charge in [-0.15, -0.1) is 0 Å². The highest BCUT2D eigenvalue weighted by molar-refractivity contribution is 7.07. The molecule has 0 saturated heterocycles. The molecule has 0 spiro atoms. The van der Waals surface area contributed by atoms with Crippen LogP contribution in [-0.4, -0.2) is 23.0 Å². The first-order valence-electron chi connectivity index (χ1n) is 8.03. The maximum atomic E-state index is 6.28. The molecule has 0 aliphatic heterocycles. The van der Waals surface area contributed by atoms with Crippen molar-refractivity contribution in [3.05, 3.63) is 22.4 Å². The van der Waals surface area contributed by atoms with Gasteiger partial charge >= 0.3 is 0 Å². The number of rotatable bonds is 5. The number of thiophene rings is 1. The summed E-state index contributed by atoms with van der Waals surface area (Å²) in [6, 6.07) is 3.07. The van der Waals surface area contributed by atoms with E-state index in [0.717, 1.165) is 19.1 Å². The van der Waals surface area contributed by atoms with Crippen LogP contribution in [0.2, 0.25) is 0 Å². The molecular formula is C17H28N2S. The summed E-state index contributed by atoms with van der Waals surface area (Å²) in [4.78, 5) is 2.77. The summed E-state index contributed by atoms with van der Waals surface area (Å²) in [5, 5.41) is 4.49. The van der Waals surface area contributed by atoms with Crippen molar-refractivity contribution in [1.82, 2.24) is 4.90 Å². The summed E-state index contributed by atoms with van der Waals surface area (Å²) < 4.78 is 0. The molecule has 1 aromatic rings. The lowest BCUT2D eigenvalue weighted by Crippen LogP contribution is -2.57. The molecule has 2 aliphatic carbocycles. The van der Waals surface area contributed by atoms with E-state index in [4.69, 9.17) is 5.73 Å². The molecule has 0 aromatic carbocycles. The van der Waals surface area contributed by atoms with Crippen LogP contribution in [0, 0.1) is 5.41 Å². The molecule has 2 aliphatic rings. The Bertz CT molecular complexity index is 424. The zero-order valence-corrected chi connectivity index (χ0v) is 13.7. The Morgan fingerprint density at radius 2 is 1.95 bits per heavy atom. The molecule has 0 radical (unpaired) electrons. The van der Waals surface area contributed by atoms with Gasteiger partial charge in [0.1, 0.15) is 0 Å². The molecule has 3 heteroatoms. The Kier molecular flexibility index (Phi) is 3.95. The van der Waals surface area contributed by atoms with Gasteiger partial charge in [-0.1, -0.05) is 13.8 Å². The van der Waals surface area contributed by atoms with Gasteiger partial charge in [0.2, 0.25) is 0 Å². The van der Waals surface area contributed by atoms with Gasteiger partial charge in [-0.25, -0.2) is 0 Å². The van der Waals surface area contributed by atoms with Gasteiger partial charge < -0.3 is 5.73 Å². The average molecular weight is 292 g/mol. The van der Waals surface area contributed by atoms with Crippen molar-refractivity contribution in [3.8, 4) is 0 Å². The third-order valence-corrected chi connectivity index (χ3v) is 6.18. The van der Waals surface area contributed by atoms with Crippen LogP contribution in [-0.2, 0) is 6.54 Å². The summed E-state index contributed by atoms with van der Waals surface area (Å²) in [6.45, 7) is 6.75. The smallest absolute Gasteiger partial charge is 0.0338 e. The fraction of sp³-hybridized carbons (Fsp3) is 0.765. The second-order valence-electron chi connectivity index (χ2n) is 7.58. The normalized spacial score (nSPS) is 25.0. The molecule has 0 unspecified atom stereocenters. The Balaban J connectivity index is 1.78. The molecule has 3 rings (SSSR count). The van der Waals surface area contributed by atoms with E-state index in [9.17, 15) is 0 Å². The van der Waals surface area contributed by atoms with Gasteiger partial charge in [0.25, 0.3) is 0 Å². The standard InChI is InChI=1S/C17H28N2S/c1-16(2)6-8-17(13-18,9-7-16)19(15-3-4-15)11-14-5-10-20-12-14/h5,10,12,15H,3-4,6-9,11,13,18H2,1-2H3. The Hall–Kier alpha value is -0.380. The van der Waals surface area contributed by atoms with Crippen LogP contribution in [0.3, 0.4) is 0 Å². The quantitative estimate of drug-likeness (QED) is 0.888. The van der Waals surface area contributed by atoms with E-state index in [2.05, 4.69) is 35.6 Å². The topological polar surface area (TPSA) is 29.3 Å². The molecule has 0 atom stereocenters. The van der Waals surface area contributed by atoms with Gasteiger partial charge in [-0.05, 0) is 66.3 Å². The third-order valence-electron chi connectivity index (χ3n) is 5.44. The highest BCUT2D eigenvalue weighted by atomic mass is 32.1. The highest BCUT2D eigenvalue weighted by Crippen LogP contribution is 2.46. The van der Waals surface area contributed by atoms with Crippen molar-refractivity contribution in [2.45, 2.75) is 70.5 Å². The minimum absolute atomic E-state index is 0.263. The van der Waals surface area contributed by atoms with E-state index in [-0.39, 0.29) is 5.54 Å². The predicted octanol–water partition coefficient (Wildman–Crippen LogP) is 4.01. The first-order chi connectivity index (χ1) is 9.55. The highest BCUT2D eigenvalue weighted by Gasteiger charge is 2.46. The van der Waals surface area contributed by atoms with Gasteiger partial charge in [0.05, 0.1) is 0 Å². The molecule has 1 heterocycles.